The highest BCUT2D eigenvalue weighted by Crippen LogP contribution is 2.21. The van der Waals surface area contributed by atoms with E-state index in [4.69, 9.17) is 0 Å². The lowest BCUT2D eigenvalue weighted by Gasteiger charge is -2.14. The maximum absolute atomic E-state index is 12.5. The Bertz CT molecular complexity index is 1140. The minimum atomic E-state index is -0.227. The number of rotatable bonds is 9. The van der Waals surface area contributed by atoms with Gasteiger partial charge in [-0.15, -0.1) is 0 Å². The van der Waals surface area contributed by atoms with Crippen molar-refractivity contribution in [2.75, 3.05) is 22.5 Å². The van der Waals surface area contributed by atoms with Gasteiger partial charge in [-0.2, -0.15) is 0 Å². The van der Waals surface area contributed by atoms with Gasteiger partial charge in [0.15, 0.2) is 0 Å². The van der Waals surface area contributed by atoms with Crippen molar-refractivity contribution in [3.05, 3.63) is 89.5 Å². The van der Waals surface area contributed by atoms with E-state index in [9.17, 15) is 14.4 Å². The first kappa shape index (κ1) is 24.5. The summed E-state index contributed by atoms with van der Waals surface area (Å²) in [5.41, 5.74) is 4.49. The summed E-state index contributed by atoms with van der Waals surface area (Å²) in [7, 11) is 0. The standard InChI is InChI=1S/C27H30N4O3/c1-4-25(32)31-24-16-23(13-10-18(24)2)30-26(33)17-28-22-14-11-21(12-15-22)27(34)29-19(3)20-8-6-5-7-9-20/h5-16,19,28H,4,17H2,1-3H3,(H,29,34)(H,30,33)(H,31,32). The highest BCUT2D eigenvalue weighted by molar-refractivity contribution is 5.97. The summed E-state index contributed by atoms with van der Waals surface area (Å²) < 4.78 is 0. The van der Waals surface area contributed by atoms with Crippen molar-refractivity contribution in [1.29, 1.82) is 0 Å². The fraction of sp³-hybridized carbons (Fsp3) is 0.222. The number of amides is 3. The second kappa shape index (κ2) is 11.7. The molecule has 4 N–H and O–H groups in total. The van der Waals surface area contributed by atoms with Gasteiger partial charge in [0.05, 0.1) is 12.6 Å². The maximum Gasteiger partial charge on any atom is 0.251 e. The third-order valence-corrected chi connectivity index (χ3v) is 5.36. The molecule has 0 bridgehead atoms. The number of benzene rings is 3. The molecule has 0 aromatic heterocycles. The van der Waals surface area contributed by atoms with E-state index in [2.05, 4.69) is 21.3 Å². The molecule has 0 fully saturated rings. The molecule has 1 unspecified atom stereocenters. The smallest absolute Gasteiger partial charge is 0.251 e. The van der Waals surface area contributed by atoms with E-state index in [-0.39, 0.29) is 30.3 Å². The first-order valence-electron chi connectivity index (χ1n) is 11.3. The Morgan fingerprint density at radius 2 is 1.50 bits per heavy atom. The van der Waals surface area contributed by atoms with Crippen molar-refractivity contribution < 1.29 is 14.4 Å². The highest BCUT2D eigenvalue weighted by Gasteiger charge is 2.11. The summed E-state index contributed by atoms with van der Waals surface area (Å²) in [6.45, 7) is 5.68. The van der Waals surface area contributed by atoms with E-state index in [0.717, 1.165) is 16.8 Å². The van der Waals surface area contributed by atoms with Gasteiger partial charge in [-0.3, -0.25) is 14.4 Å². The second-order valence-corrected chi connectivity index (χ2v) is 8.02. The van der Waals surface area contributed by atoms with Crippen molar-refractivity contribution in [2.24, 2.45) is 0 Å². The number of anilines is 3. The lowest BCUT2D eigenvalue weighted by molar-refractivity contribution is -0.116. The molecule has 34 heavy (non-hydrogen) atoms. The van der Waals surface area contributed by atoms with Crippen LogP contribution in [0.25, 0.3) is 0 Å². The zero-order chi connectivity index (χ0) is 24.5. The Morgan fingerprint density at radius 1 is 0.824 bits per heavy atom. The molecule has 0 spiro atoms. The summed E-state index contributed by atoms with van der Waals surface area (Å²) in [4.78, 5) is 36.6. The van der Waals surface area contributed by atoms with Crippen molar-refractivity contribution in [2.45, 2.75) is 33.2 Å². The Balaban J connectivity index is 1.51. The SMILES string of the molecule is CCC(=O)Nc1cc(NC(=O)CNc2ccc(C(=O)NC(C)c3ccccc3)cc2)ccc1C. The highest BCUT2D eigenvalue weighted by atomic mass is 16.2. The zero-order valence-corrected chi connectivity index (χ0v) is 19.6. The van der Waals surface area contributed by atoms with Gasteiger partial charge in [0, 0.05) is 29.0 Å². The molecule has 1 atom stereocenters. The van der Waals surface area contributed by atoms with Gasteiger partial charge in [-0.1, -0.05) is 43.3 Å². The molecule has 0 saturated carbocycles. The Hall–Kier alpha value is -4.13. The topological polar surface area (TPSA) is 99.3 Å². The number of carbonyl (C=O) groups excluding carboxylic acids is 3. The average molecular weight is 459 g/mol. The molecular formula is C27H30N4O3. The van der Waals surface area contributed by atoms with E-state index in [0.29, 0.717) is 23.4 Å². The van der Waals surface area contributed by atoms with Crippen LogP contribution in [-0.4, -0.2) is 24.3 Å². The number of hydrogen-bond donors (Lipinski definition) is 4. The molecule has 0 aliphatic heterocycles. The second-order valence-electron chi connectivity index (χ2n) is 8.02. The first-order chi connectivity index (χ1) is 16.4. The Labute approximate surface area is 200 Å². The molecule has 3 amide bonds. The molecule has 3 aromatic carbocycles. The van der Waals surface area contributed by atoms with E-state index >= 15 is 0 Å². The van der Waals surface area contributed by atoms with Crippen molar-refractivity contribution >= 4 is 34.8 Å². The Morgan fingerprint density at radius 3 is 2.18 bits per heavy atom. The molecule has 0 aliphatic carbocycles. The normalized spacial score (nSPS) is 11.3. The summed E-state index contributed by atoms with van der Waals surface area (Å²) in [6, 6.07) is 22.0. The van der Waals surface area contributed by atoms with Crippen LogP contribution in [0.2, 0.25) is 0 Å². The molecule has 0 saturated heterocycles. The summed E-state index contributed by atoms with van der Waals surface area (Å²) >= 11 is 0. The van der Waals surface area contributed by atoms with E-state index < -0.39 is 0 Å². The van der Waals surface area contributed by atoms with Gasteiger partial charge in [0.1, 0.15) is 0 Å². The Kier molecular flexibility index (Phi) is 8.40. The molecule has 7 nitrogen and oxygen atoms in total. The largest absolute Gasteiger partial charge is 0.376 e. The lowest BCUT2D eigenvalue weighted by Crippen LogP contribution is -2.26. The minimum absolute atomic E-state index is 0.0567. The van der Waals surface area contributed by atoms with E-state index in [1.54, 1.807) is 43.3 Å². The van der Waals surface area contributed by atoms with Crippen LogP contribution < -0.4 is 21.3 Å². The molecular weight excluding hydrogens is 428 g/mol. The fourth-order valence-corrected chi connectivity index (χ4v) is 3.31. The molecule has 3 aromatic rings. The predicted molar refractivity (Wildman–Crippen MR) is 136 cm³/mol. The van der Waals surface area contributed by atoms with Gasteiger partial charge in [-0.25, -0.2) is 0 Å². The number of aryl methyl sites for hydroxylation is 1. The van der Waals surface area contributed by atoms with Crippen LogP contribution in [0.1, 0.15) is 47.8 Å². The summed E-state index contributed by atoms with van der Waals surface area (Å²) in [5.74, 6) is -0.471. The van der Waals surface area contributed by atoms with E-state index in [1.165, 1.54) is 0 Å². The quantitative estimate of drug-likeness (QED) is 0.367. The van der Waals surface area contributed by atoms with Crippen molar-refractivity contribution in [3.63, 3.8) is 0 Å². The van der Waals surface area contributed by atoms with Gasteiger partial charge >= 0.3 is 0 Å². The number of nitrogens with one attached hydrogen (secondary N) is 4. The van der Waals surface area contributed by atoms with Gasteiger partial charge < -0.3 is 21.3 Å². The molecule has 7 heteroatoms. The lowest BCUT2D eigenvalue weighted by atomic mass is 10.1. The van der Waals surface area contributed by atoms with Crippen LogP contribution in [-0.2, 0) is 9.59 Å². The van der Waals surface area contributed by atoms with Crippen LogP contribution in [0.3, 0.4) is 0 Å². The van der Waals surface area contributed by atoms with Crippen LogP contribution in [0.5, 0.6) is 0 Å². The van der Waals surface area contributed by atoms with Gasteiger partial charge in [-0.05, 0) is 61.4 Å². The number of carbonyl (C=O) groups is 3. The third-order valence-electron chi connectivity index (χ3n) is 5.36. The molecule has 0 aliphatic rings. The molecule has 3 rings (SSSR count). The van der Waals surface area contributed by atoms with Gasteiger partial charge in [0.25, 0.3) is 5.91 Å². The molecule has 0 heterocycles. The number of hydrogen-bond acceptors (Lipinski definition) is 4. The van der Waals surface area contributed by atoms with Crippen LogP contribution >= 0.6 is 0 Å². The third kappa shape index (κ3) is 6.93. The predicted octanol–water partition coefficient (Wildman–Crippen LogP) is 4.89. The van der Waals surface area contributed by atoms with Crippen LogP contribution in [0.4, 0.5) is 17.1 Å². The van der Waals surface area contributed by atoms with Gasteiger partial charge in [0.2, 0.25) is 11.8 Å². The van der Waals surface area contributed by atoms with Crippen molar-refractivity contribution in [1.82, 2.24) is 5.32 Å². The molecule has 0 radical (unpaired) electrons. The average Bonchev–Trinajstić information content (AvgIpc) is 2.85. The van der Waals surface area contributed by atoms with Crippen LogP contribution in [0.15, 0.2) is 72.8 Å². The van der Waals surface area contributed by atoms with Crippen LogP contribution in [0, 0.1) is 6.92 Å². The fourth-order valence-electron chi connectivity index (χ4n) is 3.31. The first-order valence-corrected chi connectivity index (χ1v) is 11.3. The summed E-state index contributed by atoms with van der Waals surface area (Å²) in [5, 5.41) is 11.7. The minimum Gasteiger partial charge on any atom is -0.376 e. The summed E-state index contributed by atoms with van der Waals surface area (Å²) in [6.07, 6.45) is 0.381. The van der Waals surface area contributed by atoms with Crippen molar-refractivity contribution in [3.8, 4) is 0 Å². The van der Waals surface area contributed by atoms with E-state index in [1.807, 2.05) is 50.2 Å². The maximum atomic E-state index is 12.5. The zero-order valence-electron chi connectivity index (χ0n) is 19.6. The molecule has 176 valence electrons. The monoisotopic (exact) mass is 458 g/mol.